The summed E-state index contributed by atoms with van der Waals surface area (Å²) in [5.41, 5.74) is 2.62. The van der Waals surface area contributed by atoms with Gasteiger partial charge in [-0.05, 0) is 36.1 Å². The van der Waals surface area contributed by atoms with Crippen molar-refractivity contribution in [1.82, 2.24) is 10.6 Å². The molecule has 2 N–H and O–H groups in total. The van der Waals surface area contributed by atoms with Crippen molar-refractivity contribution in [3.05, 3.63) is 35.4 Å². The summed E-state index contributed by atoms with van der Waals surface area (Å²) in [5.74, 6) is 1.40. The van der Waals surface area contributed by atoms with Crippen molar-refractivity contribution in [2.75, 3.05) is 12.3 Å². The average molecular weight is 290 g/mol. The van der Waals surface area contributed by atoms with E-state index >= 15 is 0 Å². The number of hydrogen-bond donors (Lipinski definition) is 2. The van der Waals surface area contributed by atoms with Gasteiger partial charge in [0.15, 0.2) is 0 Å². The molecular weight excluding hydrogens is 268 g/mol. The Kier molecular flexibility index (Phi) is 4.63. The van der Waals surface area contributed by atoms with E-state index in [0.29, 0.717) is 5.25 Å². The number of hydrogen-bond acceptors (Lipinski definition) is 3. The van der Waals surface area contributed by atoms with E-state index in [2.05, 4.69) is 34.9 Å². The van der Waals surface area contributed by atoms with Crippen LogP contribution in [0.15, 0.2) is 24.3 Å². The molecule has 0 saturated carbocycles. The first-order chi connectivity index (χ1) is 9.83. The third-order valence-corrected chi connectivity index (χ3v) is 5.57. The van der Waals surface area contributed by atoms with Gasteiger partial charge >= 0.3 is 0 Å². The zero-order valence-electron chi connectivity index (χ0n) is 11.7. The highest BCUT2D eigenvalue weighted by atomic mass is 32.2. The third-order valence-electron chi connectivity index (χ3n) is 4.18. The van der Waals surface area contributed by atoms with Gasteiger partial charge in [-0.15, -0.1) is 0 Å². The summed E-state index contributed by atoms with van der Waals surface area (Å²) in [6.45, 7) is 1.62. The number of nitrogens with one attached hydrogen (secondary N) is 2. The highest BCUT2D eigenvalue weighted by Gasteiger charge is 2.24. The lowest BCUT2D eigenvalue weighted by Crippen LogP contribution is -2.49. The minimum Gasteiger partial charge on any atom is -0.354 e. The molecule has 1 saturated heterocycles. The van der Waals surface area contributed by atoms with Crippen molar-refractivity contribution in [3.63, 3.8) is 0 Å². The number of carbonyl (C=O) groups is 1. The number of fused-ring (bicyclic) bond motifs is 1. The molecular formula is C16H22N2OS. The summed E-state index contributed by atoms with van der Waals surface area (Å²) in [4.78, 5) is 12.3. The Morgan fingerprint density at radius 1 is 1.30 bits per heavy atom. The second-order valence-electron chi connectivity index (χ2n) is 5.64. The minimum absolute atomic E-state index is 0.0708. The van der Waals surface area contributed by atoms with E-state index in [1.165, 1.54) is 36.1 Å². The molecule has 0 radical (unpaired) electrons. The Bertz CT molecular complexity index is 471. The van der Waals surface area contributed by atoms with Crippen LogP contribution in [-0.2, 0) is 17.8 Å². The Labute approximate surface area is 124 Å². The van der Waals surface area contributed by atoms with Crippen molar-refractivity contribution in [1.29, 1.82) is 0 Å². The van der Waals surface area contributed by atoms with Gasteiger partial charge in [0.25, 0.3) is 0 Å². The van der Waals surface area contributed by atoms with Gasteiger partial charge in [0.05, 0.1) is 6.04 Å². The molecule has 4 heteroatoms. The molecule has 2 atom stereocenters. The van der Waals surface area contributed by atoms with Gasteiger partial charge in [0, 0.05) is 18.3 Å². The summed E-state index contributed by atoms with van der Waals surface area (Å²) in [5, 5.41) is 7.09. The summed E-state index contributed by atoms with van der Waals surface area (Å²) >= 11 is 2.01. The number of rotatable bonds is 3. The van der Waals surface area contributed by atoms with Crippen molar-refractivity contribution >= 4 is 17.7 Å². The Morgan fingerprint density at radius 3 is 2.95 bits per heavy atom. The van der Waals surface area contributed by atoms with Crippen molar-refractivity contribution in [2.24, 2.45) is 0 Å². The van der Waals surface area contributed by atoms with Gasteiger partial charge in [-0.25, -0.2) is 0 Å². The average Bonchev–Trinajstić information content (AvgIpc) is 2.53. The zero-order valence-corrected chi connectivity index (χ0v) is 12.5. The fraction of sp³-hybridized carbons (Fsp3) is 0.562. The molecule has 1 amide bonds. The summed E-state index contributed by atoms with van der Waals surface area (Å²) in [6.07, 6.45) is 4.68. The van der Waals surface area contributed by atoms with Crippen LogP contribution in [-0.4, -0.2) is 29.5 Å². The van der Waals surface area contributed by atoms with Gasteiger partial charge in [-0.1, -0.05) is 30.7 Å². The number of amides is 1. The summed E-state index contributed by atoms with van der Waals surface area (Å²) in [6, 6.07) is 8.31. The molecule has 1 fully saturated rings. The van der Waals surface area contributed by atoms with Crippen LogP contribution in [0.4, 0.5) is 0 Å². The molecule has 3 nitrogen and oxygen atoms in total. The fourth-order valence-electron chi connectivity index (χ4n) is 2.95. The standard InChI is InChI=1S/C16H22N2OS/c19-16(18-11-14-7-3-4-8-20-14)15-9-12-5-1-2-6-13(12)10-17-15/h1-2,5-6,14-15,17H,3-4,7-11H2,(H,18,19). The maximum atomic E-state index is 12.3. The highest BCUT2D eigenvalue weighted by Crippen LogP contribution is 2.24. The van der Waals surface area contributed by atoms with Crippen LogP contribution < -0.4 is 10.6 Å². The molecule has 2 aliphatic rings. The monoisotopic (exact) mass is 290 g/mol. The Balaban J connectivity index is 1.51. The van der Waals surface area contributed by atoms with E-state index in [0.717, 1.165) is 19.5 Å². The normalized spacial score (nSPS) is 25.8. The lowest BCUT2D eigenvalue weighted by molar-refractivity contribution is -0.123. The zero-order chi connectivity index (χ0) is 13.8. The van der Waals surface area contributed by atoms with Gasteiger partial charge in [-0.2, -0.15) is 11.8 Å². The topological polar surface area (TPSA) is 41.1 Å². The van der Waals surface area contributed by atoms with E-state index in [-0.39, 0.29) is 11.9 Å². The number of benzene rings is 1. The molecule has 0 aromatic heterocycles. The van der Waals surface area contributed by atoms with Crippen LogP contribution in [0.5, 0.6) is 0 Å². The first-order valence-corrected chi connectivity index (χ1v) is 8.57. The quantitative estimate of drug-likeness (QED) is 0.896. The van der Waals surface area contributed by atoms with E-state index in [9.17, 15) is 4.79 Å². The maximum absolute atomic E-state index is 12.3. The van der Waals surface area contributed by atoms with Crippen LogP contribution in [0.2, 0.25) is 0 Å². The van der Waals surface area contributed by atoms with Gasteiger partial charge in [-0.3, -0.25) is 4.79 Å². The second-order valence-corrected chi connectivity index (χ2v) is 7.05. The Morgan fingerprint density at radius 2 is 2.15 bits per heavy atom. The predicted molar refractivity (Wildman–Crippen MR) is 83.9 cm³/mol. The van der Waals surface area contributed by atoms with Gasteiger partial charge < -0.3 is 10.6 Å². The molecule has 0 spiro atoms. The van der Waals surface area contributed by atoms with E-state index in [1.54, 1.807) is 0 Å². The first kappa shape index (κ1) is 14.0. The highest BCUT2D eigenvalue weighted by molar-refractivity contribution is 7.99. The smallest absolute Gasteiger partial charge is 0.237 e. The van der Waals surface area contributed by atoms with Gasteiger partial charge in [0.2, 0.25) is 5.91 Å². The molecule has 1 aromatic rings. The molecule has 2 heterocycles. The van der Waals surface area contributed by atoms with Crippen LogP contribution in [0, 0.1) is 0 Å². The van der Waals surface area contributed by atoms with Crippen molar-refractivity contribution < 1.29 is 4.79 Å². The van der Waals surface area contributed by atoms with Crippen LogP contribution in [0.25, 0.3) is 0 Å². The fourth-order valence-corrected chi connectivity index (χ4v) is 4.18. The largest absolute Gasteiger partial charge is 0.354 e. The minimum atomic E-state index is -0.0708. The third kappa shape index (κ3) is 3.36. The lowest BCUT2D eigenvalue weighted by Gasteiger charge is -2.27. The predicted octanol–water partition coefficient (Wildman–Crippen LogP) is 2.10. The molecule has 20 heavy (non-hydrogen) atoms. The van der Waals surface area contributed by atoms with E-state index in [1.807, 2.05) is 11.8 Å². The second kappa shape index (κ2) is 6.64. The molecule has 0 bridgehead atoms. The van der Waals surface area contributed by atoms with Crippen molar-refractivity contribution in [3.8, 4) is 0 Å². The van der Waals surface area contributed by atoms with Crippen LogP contribution in [0.1, 0.15) is 30.4 Å². The maximum Gasteiger partial charge on any atom is 0.237 e. The van der Waals surface area contributed by atoms with E-state index in [4.69, 9.17) is 0 Å². The summed E-state index contributed by atoms with van der Waals surface area (Å²) in [7, 11) is 0. The van der Waals surface area contributed by atoms with E-state index < -0.39 is 0 Å². The number of thioether (sulfide) groups is 1. The summed E-state index contributed by atoms with van der Waals surface area (Å²) < 4.78 is 0. The molecule has 108 valence electrons. The van der Waals surface area contributed by atoms with Gasteiger partial charge in [0.1, 0.15) is 0 Å². The van der Waals surface area contributed by atoms with Crippen LogP contribution >= 0.6 is 11.8 Å². The van der Waals surface area contributed by atoms with Crippen LogP contribution in [0.3, 0.4) is 0 Å². The lowest BCUT2D eigenvalue weighted by atomic mass is 9.95. The molecule has 2 unspecified atom stereocenters. The first-order valence-electron chi connectivity index (χ1n) is 7.52. The number of carbonyl (C=O) groups excluding carboxylic acids is 1. The molecule has 0 aliphatic carbocycles. The van der Waals surface area contributed by atoms with Crippen molar-refractivity contribution in [2.45, 2.75) is 43.5 Å². The molecule has 1 aromatic carbocycles. The molecule has 3 rings (SSSR count). The molecule has 2 aliphatic heterocycles. The Hall–Kier alpha value is -1.00. The SMILES string of the molecule is O=C(NCC1CCCCS1)C1Cc2ccccc2CN1.